The Balaban J connectivity index is 1.56. The summed E-state index contributed by atoms with van der Waals surface area (Å²) in [4.78, 5) is 15.3. The van der Waals surface area contributed by atoms with Crippen molar-refractivity contribution in [2.45, 2.75) is 19.9 Å². The summed E-state index contributed by atoms with van der Waals surface area (Å²) < 4.78 is 0. The van der Waals surface area contributed by atoms with Gasteiger partial charge in [-0.25, -0.2) is 0 Å². The van der Waals surface area contributed by atoms with E-state index in [-0.39, 0.29) is 0 Å². The van der Waals surface area contributed by atoms with Crippen LogP contribution >= 0.6 is 0 Å². The lowest BCUT2D eigenvalue weighted by atomic mass is 9.96. The van der Waals surface area contributed by atoms with Crippen molar-refractivity contribution in [3.63, 3.8) is 0 Å². The second-order valence-electron chi connectivity index (χ2n) is 8.01. The lowest BCUT2D eigenvalue weighted by molar-refractivity contribution is -0.926. The Bertz CT molecular complexity index is 921. The van der Waals surface area contributed by atoms with Gasteiger partial charge in [0.15, 0.2) is 0 Å². The number of nitrogens with one attached hydrogen (secondary N) is 1. The molecule has 3 nitrogen and oxygen atoms in total. The first-order valence-electron chi connectivity index (χ1n) is 10.4. The van der Waals surface area contributed by atoms with Gasteiger partial charge in [0.05, 0.1) is 26.2 Å². The summed E-state index contributed by atoms with van der Waals surface area (Å²) >= 11 is 0. The minimum absolute atomic E-state index is 0.361. The fourth-order valence-corrected chi connectivity index (χ4v) is 4.57. The Hall–Kier alpha value is -2.91. The SMILES string of the molecule is Cc1cc(N2CC[NH+](C(c3ccccc3)c3ccccc3)CC2)c(C)cc1C=O. The number of nitrogens with zero attached hydrogens (tertiary/aromatic N) is 1. The first kappa shape index (κ1) is 19.4. The highest BCUT2D eigenvalue weighted by molar-refractivity contribution is 5.79. The van der Waals surface area contributed by atoms with Crippen LogP contribution in [0.4, 0.5) is 5.69 Å². The van der Waals surface area contributed by atoms with Crippen molar-refractivity contribution in [1.82, 2.24) is 0 Å². The molecule has 3 aromatic carbocycles. The summed E-state index contributed by atoms with van der Waals surface area (Å²) in [6.07, 6.45) is 0.957. The number of carbonyl (C=O) groups excluding carboxylic acids is 1. The summed E-state index contributed by atoms with van der Waals surface area (Å²) in [6.45, 7) is 8.34. The Morgan fingerprint density at radius 3 is 1.90 bits per heavy atom. The molecule has 0 saturated carbocycles. The lowest BCUT2D eigenvalue weighted by Gasteiger charge is -2.38. The average Bonchev–Trinajstić information content (AvgIpc) is 2.77. The van der Waals surface area contributed by atoms with Crippen molar-refractivity contribution in [2.24, 2.45) is 0 Å². The average molecular weight is 386 g/mol. The van der Waals surface area contributed by atoms with Gasteiger partial charge in [0.25, 0.3) is 0 Å². The molecule has 0 aromatic heterocycles. The van der Waals surface area contributed by atoms with E-state index in [1.807, 2.05) is 13.0 Å². The summed E-state index contributed by atoms with van der Waals surface area (Å²) in [5, 5.41) is 0. The Morgan fingerprint density at radius 1 is 0.828 bits per heavy atom. The van der Waals surface area contributed by atoms with Gasteiger partial charge in [0.2, 0.25) is 0 Å². The molecule has 4 rings (SSSR count). The van der Waals surface area contributed by atoms with Gasteiger partial charge >= 0.3 is 0 Å². The first-order valence-corrected chi connectivity index (χ1v) is 10.4. The monoisotopic (exact) mass is 385 g/mol. The van der Waals surface area contributed by atoms with E-state index in [0.717, 1.165) is 43.6 Å². The summed E-state index contributed by atoms with van der Waals surface area (Å²) in [5.74, 6) is 0. The Kier molecular flexibility index (Phi) is 5.77. The molecule has 1 N–H and O–H groups in total. The molecule has 1 heterocycles. The topological polar surface area (TPSA) is 24.8 Å². The predicted molar refractivity (Wildman–Crippen MR) is 119 cm³/mol. The minimum Gasteiger partial charge on any atom is -0.360 e. The minimum atomic E-state index is 0.361. The van der Waals surface area contributed by atoms with Gasteiger partial charge in [0, 0.05) is 22.4 Å². The first-order chi connectivity index (χ1) is 14.2. The second kappa shape index (κ2) is 8.62. The van der Waals surface area contributed by atoms with Gasteiger partial charge in [-0.3, -0.25) is 4.79 Å². The van der Waals surface area contributed by atoms with Crippen molar-refractivity contribution in [3.8, 4) is 0 Å². The van der Waals surface area contributed by atoms with Crippen molar-refractivity contribution in [3.05, 3.63) is 101 Å². The van der Waals surface area contributed by atoms with Crippen LogP contribution in [0.2, 0.25) is 0 Å². The molecular formula is C26H29N2O+. The van der Waals surface area contributed by atoms with Crippen LogP contribution in [0.25, 0.3) is 0 Å². The standard InChI is InChI=1S/C26H28N2O/c1-20-18-25(21(2)17-24(20)19-29)27-13-15-28(16-14-27)26(22-9-5-3-6-10-22)23-11-7-4-8-12-23/h3-12,17-19,26H,13-16H2,1-2H3/p+1. The van der Waals surface area contributed by atoms with Gasteiger partial charge < -0.3 is 9.80 Å². The zero-order valence-electron chi connectivity index (χ0n) is 17.3. The summed E-state index contributed by atoms with van der Waals surface area (Å²) in [5.41, 5.74) is 7.06. The third kappa shape index (κ3) is 4.10. The van der Waals surface area contributed by atoms with Crippen molar-refractivity contribution in [2.75, 3.05) is 31.1 Å². The van der Waals surface area contributed by atoms with Crippen LogP contribution in [0.5, 0.6) is 0 Å². The number of quaternary nitrogens is 1. The van der Waals surface area contributed by atoms with E-state index in [9.17, 15) is 4.79 Å². The number of benzene rings is 3. The van der Waals surface area contributed by atoms with Crippen molar-refractivity contribution >= 4 is 12.0 Å². The van der Waals surface area contributed by atoms with E-state index in [0.29, 0.717) is 6.04 Å². The lowest BCUT2D eigenvalue weighted by Crippen LogP contribution is -3.15. The number of hydrogen-bond acceptors (Lipinski definition) is 2. The molecule has 148 valence electrons. The number of rotatable bonds is 5. The van der Waals surface area contributed by atoms with Crippen LogP contribution in [0, 0.1) is 13.8 Å². The van der Waals surface area contributed by atoms with Gasteiger partial charge in [-0.1, -0.05) is 60.7 Å². The van der Waals surface area contributed by atoms with Crippen molar-refractivity contribution in [1.29, 1.82) is 0 Å². The normalized spacial score (nSPS) is 14.9. The van der Waals surface area contributed by atoms with Crippen LogP contribution in [-0.2, 0) is 0 Å². The largest absolute Gasteiger partial charge is 0.360 e. The fraction of sp³-hybridized carbons (Fsp3) is 0.269. The molecule has 1 fully saturated rings. The van der Waals surface area contributed by atoms with Gasteiger partial charge in [-0.15, -0.1) is 0 Å². The highest BCUT2D eigenvalue weighted by Crippen LogP contribution is 2.25. The van der Waals surface area contributed by atoms with E-state index < -0.39 is 0 Å². The van der Waals surface area contributed by atoms with Crippen LogP contribution < -0.4 is 9.80 Å². The van der Waals surface area contributed by atoms with Gasteiger partial charge in [-0.2, -0.15) is 0 Å². The highest BCUT2D eigenvalue weighted by atomic mass is 16.1. The highest BCUT2D eigenvalue weighted by Gasteiger charge is 2.30. The van der Waals surface area contributed by atoms with Crippen molar-refractivity contribution < 1.29 is 9.69 Å². The molecule has 0 unspecified atom stereocenters. The quantitative estimate of drug-likeness (QED) is 0.679. The molecule has 3 aromatic rings. The van der Waals surface area contributed by atoms with E-state index in [1.54, 1.807) is 4.90 Å². The third-order valence-corrected chi connectivity index (χ3v) is 6.13. The molecule has 1 aliphatic heterocycles. The predicted octanol–water partition coefficient (Wildman–Crippen LogP) is 3.61. The van der Waals surface area contributed by atoms with Crippen LogP contribution in [0.3, 0.4) is 0 Å². The maximum atomic E-state index is 11.2. The van der Waals surface area contributed by atoms with Gasteiger partial charge in [0.1, 0.15) is 12.3 Å². The maximum Gasteiger partial charge on any atom is 0.150 e. The zero-order chi connectivity index (χ0) is 20.2. The van der Waals surface area contributed by atoms with Crippen LogP contribution in [0.1, 0.15) is 38.7 Å². The number of hydrogen-bond donors (Lipinski definition) is 1. The third-order valence-electron chi connectivity index (χ3n) is 6.13. The number of anilines is 1. The van der Waals surface area contributed by atoms with E-state index in [1.165, 1.54) is 22.4 Å². The number of aldehydes is 1. The molecule has 0 atom stereocenters. The molecular weight excluding hydrogens is 356 g/mol. The molecule has 3 heteroatoms. The van der Waals surface area contributed by atoms with E-state index >= 15 is 0 Å². The number of piperazine rings is 1. The molecule has 0 aliphatic carbocycles. The molecule has 1 aliphatic rings. The smallest absolute Gasteiger partial charge is 0.150 e. The van der Waals surface area contributed by atoms with Crippen LogP contribution in [0.15, 0.2) is 72.8 Å². The molecule has 0 bridgehead atoms. The number of aryl methyl sites for hydroxylation is 2. The zero-order valence-corrected chi connectivity index (χ0v) is 17.3. The molecule has 0 amide bonds. The Labute approximate surface area is 173 Å². The summed E-state index contributed by atoms with van der Waals surface area (Å²) in [6, 6.07) is 26.3. The molecule has 1 saturated heterocycles. The van der Waals surface area contributed by atoms with E-state index in [4.69, 9.17) is 0 Å². The molecule has 29 heavy (non-hydrogen) atoms. The second-order valence-corrected chi connectivity index (χ2v) is 8.01. The fourth-order valence-electron chi connectivity index (χ4n) is 4.57. The van der Waals surface area contributed by atoms with Crippen LogP contribution in [-0.4, -0.2) is 32.5 Å². The summed E-state index contributed by atoms with van der Waals surface area (Å²) in [7, 11) is 0. The molecule has 0 radical (unpaired) electrons. The Morgan fingerprint density at radius 2 is 1.38 bits per heavy atom. The van der Waals surface area contributed by atoms with E-state index in [2.05, 4.69) is 78.6 Å². The number of carbonyl (C=O) groups is 1. The molecule has 0 spiro atoms. The van der Waals surface area contributed by atoms with Gasteiger partial charge in [-0.05, 0) is 37.1 Å². The maximum absolute atomic E-state index is 11.2.